The number of rotatable bonds is 70. The smallest absolute Gasteiger partial charge is 0.347 e. The zero-order valence-corrected chi connectivity index (χ0v) is 92.6. The Kier molecular flexibility index (Phi) is 62.9. The van der Waals surface area contributed by atoms with Gasteiger partial charge in [-0.2, -0.15) is 0 Å². The summed E-state index contributed by atoms with van der Waals surface area (Å²) in [6.45, 7) is 18.4. The molecule has 9 rings (SSSR count). The Labute approximate surface area is 904 Å². The topological polar surface area (TPSA) is 343 Å². The lowest BCUT2D eigenvalue weighted by molar-refractivity contribution is -0.304. The van der Waals surface area contributed by atoms with E-state index in [4.69, 9.17) is 89.6 Å². The van der Waals surface area contributed by atoms with Gasteiger partial charge in [0.05, 0.1) is 108 Å². The predicted octanol–water partition coefficient (Wildman–Crippen LogP) is 31.8. The van der Waals surface area contributed by atoms with Gasteiger partial charge in [-0.05, 0) is 187 Å². The second kappa shape index (κ2) is 74.6. The lowest BCUT2D eigenvalue weighted by Crippen LogP contribution is -2.32. The number of hydrogen-bond acceptors (Lipinski definition) is 20. The number of halogens is 4. The number of H-pyrrole nitrogens is 1. The number of carbonyl (C=O) groups is 9. The first-order valence-corrected chi connectivity index (χ1v) is 56.6. The molecule has 0 saturated heterocycles. The fourth-order valence-electron chi connectivity index (χ4n) is 16.9. The lowest BCUT2D eigenvalue weighted by atomic mass is 9.84. The van der Waals surface area contributed by atoms with Crippen LogP contribution in [0.3, 0.4) is 0 Å². The van der Waals surface area contributed by atoms with E-state index in [1.165, 1.54) is 300 Å². The number of ether oxygens (including phenoxy) is 5. The summed E-state index contributed by atoms with van der Waals surface area (Å²) in [5.41, 5.74) is 3.97. The van der Waals surface area contributed by atoms with Crippen molar-refractivity contribution in [3.05, 3.63) is 210 Å². The third kappa shape index (κ3) is 49.3. The number of nitrogens with zero attached hydrogens (tertiary/aromatic N) is 1. The molecule has 1 aliphatic rings. The van der Waals surface area contributed by atoms with Crippen LogP contribution in [0.4, 0.5) is 28.4 Å². The number of aromatic nitrogens is 2. The van der Waals surface area contributed by atoms with E-state index in [9.17, 15) is 47.9 Å². The van der Waals surface area contributed by atoms with Gasteiger partial charge >= 0.3 is 23.9 Å². The molecule has 5 amide bonds. The summed E-state index contributed by atoms with van der Waals surface area (Å²) < 4.78 is 27.9. The van der Waals surface area contributed by atoms with Crippen molar-refractivity contribution < 1.29 is 86.4 Å². The zero-order chi connectivity index (χ0) is 108. The predicted molar refractivity (Wildman–Crippen MR) is 598 cm³/mol. The van der Waals surface area contributed by atoms with Gasteiger partial charge in [0, 0.05) is 0 Å². The quantitative estimate of drug-likeness (QED) is 0.00515. The molecule has 5 unspecified atom stereocenters. The van der Waals surface area contributed by atoms with Gasteiger partial charge in [-0.3, -0.25) is 28.8 Å². The Hall–Kier alpha value is -10.3. The van der Waals surface area contributed by atoms with Crippen molar-refractivity contribution in [3.8, 4) is 11.5 Å². The number of fused-ring (bicyclic) bond motifs is 1. The van der Waals surface area contributed by atoms with Crippen LogP contribution in [-0.4, -0.2) is 109 Å². The Morgan fingerprint density at radius 2 is 0.732 bits per heavy atom. The fraction of sp³-hybridized carbons (Fsp3) is 0.555. The van der Waals surface area contributed by atoms with E-state index in [-0.39, 0.29) is 80.1 Å². The van der Waals surface area contributed by atoms with Gasteiger partial charge in [0.25, 0.3) is 5.56 Å². The van der Waals surface area contributed by atoms with Crippen LogP contribution in [-0.2, 0) is 73.9 Å². The van der Waals surface area contributed by atoms with Crippen LogP contribution < -0.4 is 36.9 Å². The average molecular weight is 2140 g/mol. The van der Waals surface area contributed by atoms with Gasteiger partial charge in [-0.25, -0.2) is 43.7 Å². The van der Waals surface area contributed by atoms with E-state index < -0.39 is 77.5 Å². The summed E-state index contributed by atoms with van der Waals surface area (Å²) in [5.74, 6) is -6.32. The molecule has 26 nitrogen and oxygen atoms in total. The Bertz CT molecular complexity index is 5390. The molecule has 1 heterocycles. The number of unbranched alkanes of at least 4 members (excludes halogenated alkanes) is 36. The highest BCUT2D eigenvalue weighted by atomic mass is 35.5. The Balaban J connectivity index is 0.000000312. The minimum Gasteiger partial charge on any atom is -0.463 e. The maximum atomic E-state index is 13.2. The third-order valence-corrected chi connectivity index (χ3v) is 27.6. The minimum atomic E-state index is -1.27. The molecule has 1 aromatic heterocycles. The average Bonchev–Trinajstić information content (AvgIpc) is 0.792. The molecular weight excluding hydrogens is 1970 g/mol. The highest BCUT2D eigenvalue weighted by molar-refractivity contribution is 6.36. The molecule has 0 bridgehead atoms. The highest BCUT2D eigenvalue weighted by Crippen LogP contribution is 2.41. The van der Waals surface area contributed by atoms with Crippen molar-refractivity contribution in [2.75, 3.05) is 59.6 Å². The summed E-state index contributed by atoms with van der Waals surface area (Å²) in [6.07, 6.45) is 52.5. The molecule has 818 valence electrons. The molecule has 0 radical (unpaired) electrons. The van der Waals surface area contributed by atoms with E-state index in [1.807, 2.05) is 42.5 Å². The Morgan fingerprint density at radius 3 is 1.19 bits per heavy atom. The van der Waals surface area contributed by atoms with Crippen LogP contribution in [0.25, 0.3) is 10.9 Å². The number of aromatic amines is 1. The van der Waals surface area contributed by atoms with E-state index >= 15 is 0 Å². The number of para-hydroxylation sites is 4. The highest BCUT2D eigenvalue weighted by Gasteiger charge is 2.30. The molecule has 1 fully saturated rings. The molecule has 6 N–H and O–H groups in total. The third-order valence-electron chi connectivity index (χ3n) is 26.3. The minimum absolute atomic E-state index is 0.0179. The van der Waals surface area contributed by atoms with E-state index in [1.54, 1.807) is 56.3 Å². The summed E-state index contributed by atoms with van der Waals surface area (Å²) in [6, 6.07) is 40.7. The molecule has 0 aliphatic heterocycles. The number of nitrogens with one attached hydrogen (secondary N) is 6. The number of carbonyl (C=O) groups excluding carboxylic acids is 9. The van der Waals surface area contributed by atoms with E-state index in [0.717, 1.165) is 75.5 Å². The first kappa shape index (κ1) is 126. The van der Waals surface area contributed by atoms with Crippen LogP contribution in [0.5, 0.6) is 11.5 Å². The van der Waals surface area contributed by atoms with E-state index in [0.29, 0.717) is 64.6 Å². The second-order valence-corrected chi connectivity index (χ2v) is 40.6. The maximum Gasteiger partial charge on any atom is 0.347 e. The van der Waals surface area contributed by atoms with Crippen LogP contribution in [0.1, 0.15) is 411 Å². The largest absolute Gasteiger partial charge is 0.463 e. The van der Waals surface area contributed by atoms with Crippen molar-refractivity contribution in [3.63, 3.8) is 0 Å². The second-order valence-electron chi connectivity index (χ2n) is 38.9. The molecule has 8 aromatic rings. The lowest BCUT2D eigenvalue weighted by Gasteiger charge is -2.24. The van der Waals surface area contributed by atoms with Crippen molar-refractivity contribution >= 4 is 139 Å². The number of benzene rings is 7. The summed E-state index contributed by atoms with van der Waals surface area (Å²) in [7, 11) is 0. The molecular formula is C119H165Cl4N7O19. The summed E-state index contributed by atoms with van der Waals surface area (Å²) >= 11 is 25.3. The van der Waals surface area contributed by atoms with Crippen molar-refractivity contribution in [1.82, 2.24) is 9.97 Å². The van der Waals surface area contributed by atoms with Gasteiger partial charge in [0.15, 0.2) is 11.9 Å². The molecule has 30 heteroatoms. The number of anilines is 5. The van der Waals surface area contributed by atoms with Crippen LogP contribution in [0, 0.1) is 11.8 Å². The molecule has 1 saturated carbocycles. The van der Waals surface area contributed by atoms with Gasteiger partial charge in [-0.1, -0.05) is 373 Å². The van der Waals surface area contributed by atoms with Crippen LogP contribution in [0.2, 0.25) is 20.1 Å². The SMILES string of the molecule is CC(C(=O)Nc1ccccc1Oc1ccccc1C1CCCCC1)c1nc2ccccc2c(=O)[nH]1.CCCCCCCCCCCCOOCC(C)OC(=O)c1ccc(Cl)c(NC(=O)C(C)C(=O)Nc2cc(C(=O)OC(C)C(=O)OCCCCCCCCCCCC)ccc2Cl)c1.CCCCCCCCCCCCOOCc1ccc(Cl)c(NC(=O)C(C)C(=O)Nc2cc(C(=O)OCCCCCCCCCCCC)ccc2Cl)c1. The molecule has 1 aliphatic carbocycles. The standard InChI is InChI=1S/C48H72Cl2N2O10.C42H64Cl2N2O6.C29H29N3O3/c1-6-8-10-12-14-16-18-20-22-24-30-58-46(55)37(5)62-48(57)39-27-29-41(50)43(33-39)52-45(54)36(4)44(53)51-42-32-38(26-28-40(42)49)47(56)61-35(3)34-60-59-31-25-23-21-19-17-15-13-11-9-7-2;1-4-6-8-10-12-14-16-18-20-22-28-50-42(49)35-25-27-37(44)39(31-35)46-41(48)33(3)40(47)45-38-30-34(24-26-36(38)43)32-52-51-29-23-21-19-17-15-13-11-9-7-5-2;1-19(27-30-23-15-7-5-14-22(23)29(34)32-27)28(33)31-24-16-8-10-18-26(24)35-25-17-9-6-13-21(25)20-11-3-2-4-12-20/h26-29,32-33,35-37H,6-25,30-31,34H2,1-5H3,(H,51,53)(H,52,54);24-27,30-31,33H,4-23,28-29,32H2,1-3H3,(H,45,47)(H,46,48);5-10,13-20H,2-4,11-12H2,1H3,(H,31,33)(H,30,32,34). The van der Waals surface area contributed by atoms with Gasteiger partial charge < -0.3 is 55.3 Å². The molecule has 0 spiro atoms. The zero-order valence-electron chi connectivity index (χ0n) is 89.6. The normalized spacial score (nSPS) is 12.8. The number of esters is 4. The van der Waals surface area contributed by atoms with Crippen molar-refractivity contribution in [2.45, 2.75) is 382 Å². The molecule has 149 heavy (non-hydrogen) atoms. The van der Waals surface area contributed by atoms with Gasteiger partial charge in [0.2, 0.25) is 29.5 Å². The van der Waals surface area contributed by atoms with Gasteiger partial charge in [-0.15, -0.1) is 0 Å². The van der Waals surface area contributed by atoms with Crippen LogP contribution in [0.15, 0.2) is 150 Å². The number of hydrogen-bond donors (Lipinski definition) is 6. The van der Waals surface area contributed by atoms with Crippen molar-refractivity contribution in [2.24, 2.45) is 11.8 Å². The molecule has 7 aromatic carbocycles. The maximum absolute atomic E-state index is 13.2. The summed E-state index contributed by atoms with van der Waals surface area (Å²) in [4.78, 5) is 158. The number of amides is 5. The van der Waals surface area contributed by atoms with Crippen molar-refractivity contribution in [1.29, 1.82) is 0 Å². The van der Waals surface area contributed by atoms with E-state index in [2.05, 4.69) is 76.4 Å². The van der Waals surface area contributed by atoms with Gasteiger partial charge in [0.1, 0.15) is 42.7 Å². The monoisotopic (exact) mass is 2140 g/mol. The molecule has 5 atom stereocenters. The van der Waals surface area contributed by atoms with Crippen LogP contribution >= 0.6 is 46.4 Å². The summed E-state index contributed by atoms with van der Waals surface area (Å²) in [5, 5.41) is 14.8. The fourth-order valence-corrected chi connectivity index (χ4v) is 17.6. The Morgan fingerprint density at radius 1 is 0.362 bits per heavy atom. The first-order valence-electron chi connectivity index (χ1n) is 55.0. The first-order chi connectivity index (χ1) is 72.2.